The van der Waals surface area contributed by atoms with Gasteiger partial charge in [-0.15, -0.1) is 25.6 Å². The van der Waals surface area contributed by atoms with Crippen molar-refractivity contribution in [2.24, 2.45) is 52.3 Å². The summed E-state index contributed by atoms with van der Waals surface area (Å²) < 4.78 is 152. The summed E-state index contributed by atoms with van der Waals surface area (Å²) in [5.41, 5.74) is -5.82. The Morgan fingerprint density at radius 3 is 1.16 bits per heavy atom. The molecule has 0 radical (unpaired) electrons. The smallest absolute Gasteiger partial charge is 0.428 e. The molecule has 3 saturated heterocycles. The molecule has 6 heterocycles. The van der Waals surface area contributed by atoms with Gasteiger partial charge >= 0.3 is 42.2 Å². The lowest BCUT2D eigenvalue weighted by Gasteiger charge is -2.39. The first kappa shape index (κ1) is 112. The predicted molar refractivity (Wildman–Crippen MR) is 508 cm³/mol. The van der Waals surface area contributed by atoms with Crippen LogP contribution in [0.2, 0.25) is 10.3 Å². The molecule has 0 bridgehead atoms. The number of aromatic nitrogens is 6. The summed E-state index contributed by atoms with van der Waals surface area (Å²) in [5, 5.41) is 3.37. The van der Waals surface area contributed by atoms with Gasteiger partial charge in [0.15, 0.2) is 10.3 Å². The molecule has 5 aliphatic rings. The fourth-order valence-corrected chi connectivity index (χ4v) is 19.1. The number of benzene rings is 3. The molecule has 5 fully saturated rings. The third kappa shape index (κ3) is 27.3. The molecular weight excluding hydrogens is 1840 g/mol. The quantitative estimate of drug-likeness (QED) is 0.0135. The van der Waals surface area contributed by atoms with Gasteiger partial charge in [0.05, 0.1) is 92.2 Å². The van der Waals surface area contributed by atoms with E-state index >= 15 is 0 Å². The first-order valence-electron chi connectivity index (χ1n) is 46.4. The Kier molecular flexibility index (Phi) is 37.8. The monoisotopic (exact) mass is 1970 g/mol. The first-order valence-corrected chi connectivity index (χ1v) is 47.1. The molecule has 2 unspecified atom stereocenters. The zero-order valence-electron chi connectivity index (χ0n) is 82.1. The van der Waals surface area contributed by atoms with Gasteiger partial charge in [-0.2, -0.15) is 26.3 Å². The number of ether oxygens (including phenoxy) is 11. The lowest BCUT2D eigenvalue weighted by Crippen LogP contribution is -2.53. The van der Waals surface area contributed by atoms with Crippen LogP contribution in [0.1, 0.15) is 239 Å². The maximum Gasteiger partial charge on any atom is 0.428 e. The normalized spacial score (nSPS) is 23.5. The van der Waals surface area contributed by atoms with Crippen molar-refractivity contribution in [1.82, 2.24) is 45.0 Å². The van der Waals surface area contributed by atoms with E-state index in [1.54, 1.807) is 157 Å². The number of hydrogen-bond donors (Lipinski definition) is 1. The van der Waals surface area contributed by atoms with Crippen molar-refractivity contribution in [2.45, 2.75) is 311 Å². The highest BCUT2D eigenvalue weighted by atomic mass is 35.5. The Morgan fingerprint density at radius 1 is 0.485 bits per heavy atom. The van der Waals surface area contributed by atoms with Crippen LogP contribution in [0.4, 0.5) is 26.3 Å². The van der Waals surface area contributed by atoms with E-state index in [9.17, 15) is 59.9 Å². The van der Waals surface area contributed by atoms with Crippen molar-refractivity contribution >= 4 is 116 Å². The Balaban J connectivity index is 0.000000262. The summed E-state index contributed by atoms with van der Waals surface area (Å²) in [6, 6.07) is 13.0. The second kappa shape index (κ2) is 46.0. The number of carbonyl (C=O) groups excluding carboxylic acids is 7. The number of fused-ring (bicyclic) bond motifs is 3. The van der Waals surface area contributed by atoms with Gasteiger partial charge in [-0.1, -0.05) is 104 Å². The lowest BCUT2D eigenvalue weighted by molar-refractivity contribution is -0.282. The van der Waals surface area contributed by atoms with Gasteiger partial charge in [0.25, 0.3) is 11.8 Å². The number of allylic oxidation sites excluding steroid dienone is 2. The van der Waals surface area contributed by atoms with E-state index < -0.39 is 166 Å². The van der Waals surface area contributed by atoms with E-state index in [0.29, 0.717) is 101 Å². The molecule has 15 atom stereocenters. The third-order valence-electron chi connectivity index (χ3n) is 25.4. The van der Waals surface area contributed by atoms with Gasteiger partial charge in [0.2, 0.25) is 28.9 Å². The predicted octanol–water partition coefficient (Wildman–Crippen LogP) is 21.1. The fourth-order valence-electron chi connectivity index (χ4n) is 18.7. The minimum absolute atomic E-state index is 0. The van der Waals surface area contributed by atoms with Gasteiger partial charge in [-0.25, -0.2) is 39.5 Å². The summed E-state index contributed by atoms with van der Waals surface area (Å²) >= 11 is 12.8. The number of nitrogens with zero attached hydrogens (tertiary/aromatic N) is 8. The van der Waals surface area contributed by atoms with Gasteiger partial charge in [0, 0.05) is 54.3 Å². The number of carbonyl (C=O) groups is 7. The molecule has 752 valence electrons. The van der Waals surface area contributed by atoms with Crippen molar-refractivity contribution in [3.63, 3.8) is 0 Å². The average molecular weight is 1970 g/mol. The summed E-state index contributed by atoms with van der Waals surface area (Å²) in [6.45, 7) is 43.4. The topological polar surface area (TPSA) is 317 Å². The lowest BCUT2D eigenvalue weighted by atomic mass is 9.77. The summed E-state index contributed by atoms with van der Waals surface area (Å²) in [5.74, 6) is -8.24. The number of nitrogens with one attached hydrogen (secondary N) is 1. The van der Waals surface area contributed by atoms with Crippen LogP contribution in [0, 0.1) is 52.3 Å². The van der Waals surface area contributed by atoms with E-state index in [0.717, 1.165) is 6.42 Å². The van der Waals surface area contributed by atoms with Gasteiger partial charge < -0.3 is 67.2 Å². The molecule has 11 rings (SSSR count). The SMILES string of the molecule is C=CCCC[C@@H]1CCCC1(OC(=O)C[C@H](C(=O)N1C[C@H](Oc2nc3cc(OC)ccc3nc2C=C)[C@@H](CC)[C@H]1C(=O)OC(C)(C)C)C(C)(C)C)C(F)(F)F.C=CCCC[C@@H]1CCCC1(OC(=O)C[C@H](C(=O)N1C[C@H](Oc2nc3cc(OC)ccc3nc2Cl)[C@@H](CC)[C@H]1C(=O)OC(C)(C)C)C(C)(C)C)C(F)(F)F.CC[C@@H]1[C@@H](Oc2nc3cc(OC)ccc3nc2Cl)CN[C@@H]1C(=O)OC(C)(C)C.Cl. The van der Waals surface area contributed by atoms with Crippen molar-refractivity contribution in [3.8, 4) is 34.9 Å². The number of hydrogen-bond acceptors (Lipinski definition) is 25. The van der Waals surface area contributed by atoms with Crippen LogP contribution in [0.25, 0.3) is 39.2 Å². The van der Waals surface area contributed by atoms with E-state index in [1.807, 2.05) is 41.5 Å². The third-order valence-corrected chi connectivity index (χ3v) is 25.9. The Morgan fingerprint density at radius 2 is 0.831 bits per heavy atom. The summed E-state index contributed by atoms with van der Waals surface area (Å²) in [7, 11) is 4.65. The van der Waals surface area contributed by atoms with Gasteiger partial charge in [0.1, 0.15) is 76.2 Å². The molecule has 3 aliphatic heterocycles. The molecule has 0 spiro atoms. The molecule has 1 N–H and O–H groups in total. The van der Waals surface area contributed by atoms with Gasteiger partial charge in [-0.05, 0) is 212 Å². The number of esters is 5. The number of rotatable bonds is 32. The van der Waals surface area contributed by atoms with Crippen LogP contribution in [-0.4, -0.2) is 199 Å². The highest BCUT2D eigenvalue weighted by Gasteiger charge is 2.66. The van der Waals surface area contributed by atoms with E-state index in [-0.39, 0.29) is 123 Å². The number of alkyl halides is 6. The summed E-state index contributed by atoms with van der Waals surface area (Å²) in [6.07, 6.45) is -3.45. The molecule has 2 amide bonds. The van der Waals surface area contributed by atoms with E-state index in [2.05, 4.69) is 50.0 Å². The Labute approximate surface area is 810 Å². The minimum Gasteiger partial charge on any atom is -0.497 e. The van der Waals surface area contributed by atoms with Crippen LogP contribution in [0.5, 0.6) is 34.9 Å². The zero-order valence-corrected chi connectivity index (χ0v) is 84.4. The van der Waals surface area contributed by atoms with Crippen LogP contribution >= 0.6 is 35.6 Å². The second-order valence-corrected chi connectivity index (χ2v) is 41.2. The van der Waals surface area contributed by atoms with Crippen LogP contribution in [0.15, 0.2) is 86.5 Å². The van der Waals surface area contributed by atoms with Crippen LogP contribution < -0.4 is 33.7 Å². The zero-order chi connectivity index (χ0) is 100. The molecule has 36 heteroatoms. The Hall–Kier alpha value is -9.60. The van der Waals surface area contributed by atoms with Gasteiger partial charge in [-0.3, -0.25) is 24.0 Å². The van der Waals surface area contributed by atoms with Crippen LogP contribution in [-0.2, 0) is 57.2 Å². The standard InChI is InChI=1S/C41H56F3N3O7.C39H53ClF3N3O7.C20H26ClN3O4.ClH/c1-11-14-15-17-25-18-16-21-40(25,41(42,43)44)53-33(48)23-28(38(4,5)6)36(49)47-24-32(27(12-2)34(47)37(50)54-39(7,8)9)52-35-29(13-3)45-30-20-19-26(51-10)22-31(30)46-35;1-10-12-13-15-23-16-14-19-38(23,39(41,42)43)52-30(47)21-26(36(3,4)5)34(48)46-22-29(25(11-2)31(46)35(49)53-37(6,7)8)51-33-32(40)44-27-18-17-24(50-9)20-28(27)45-33;1-6-12-15(10-22-16(12)19(25)28-20(2,3)4)27-18-17(21)23-13-8-7-11(26-5)9-14(13)24-18;/h11,13,19-20,22,25,27-28,32,34H,1,3,12,14-18,21,23-24H2,2,4-10H3;10,17-18,20,23,25-26,29,31H,1,11-16,19,21-22H2,2-9H3;7-9,12,15-16,22H,6,10H2,1-5H3;1H/t25-,27-,28-,32+,34+,40?;23-,25-,26-,29+,31+,38?;12-,15+,16+;/m111./s1. The second-order valence-electron chi connectivity index (χ2n) is 40.4. The molecule has 2 saturated carbocycles. The molecule has 3 aromatic heterocycles. The largest absolute Gasteiger partial charge is 0.497 e. The molecular formula is C100H136Cl3F6N9O18. The molecule has 3 aromatic carbocycles. The fraction of sp³-hybridized carbons (Fsp3) is 0.630. The van der Waals surface area contributed by atoms with E-state index in [4.69, 9.17) is 80.3 Å². The first-order chi connectivity index (χ1) is 63.1. The van der Waals surface area contributed by atoms with Crippen molar-refractivity contribution < 1.29 is 112 Å². The summed E-state index contributed by atoms with van der Waals surface area (Å²) in [4.78, 5) is 127. The average Bonchev–Trinajstić information content (AvgIpc) is 1.59. The maximum atomic E-state index is 14.8. The van der Waals surface area contributed by atoms with Crippen molar-refractivity contribution in [3.05, 3.63) is 102 Å². The van der Waals surface area contributed by atoms with Crippen molar-refractivity contribution in [2.75, 3.05) is 41.0 Å². The van der Waals surface area contributed by atoms with E-state index in [1.165, 1.54) is 30.1 Å². The number of unbranched alkanes of at least 4 members (excludes halogenated alkanes) is 2. The number of methoxy groups -OCH3 is 3. The van der Waals surface area contributed by atoms with Crippen molar-refractivity contribution in [1.29, 1.82) is 0 Å². The number of likely N-dealkylation sites (tertiary alicyclic amines) is 2. The number of amides is 2. The molecule has 6 aromatic rings. The molecule has 27 nitrogen and oxygen atoms in total. The molecule has 136 heavy (non-hydrogen) atoms. The minimum atomic E-state index is -4.80. The highest BCUT2D eigenvalue weighted by molar-refractivity contribution is 6.31. The van der Waals surface area contributed by atoms with Crippen LogP contribution in [0.3, 0.4) is 0 Å². The number of halogens is 9. The Bertz CT molecular complexity index is 5210. The highest BCUT2D eigenvalue weighted by Crippen LogP contribution is 2.55. The molecule has 2 aliphatic carbocycles. The maximum absolute atomic E-state index is 14.8.